The summed E-state index contributed by atoms with van der Waals surface area (Å²) >= 11 is 0. The summed E-state index contributed by atoms with van der Waals surface area (Å²) in [6, 6.07) is 11.2. The molecule has 1 aliphatic heterocycles. The zero-order chi connectivity index (χ0) is 20.2. The van der Waals surface area contributed by atoms with Crippen LogP contribution in [0.4, 0.5) is 0 Å². The number of nitrogens with one attached hydrogen (secondary N) is 2. The summed E-state index contributed by atoms with van der Waals surface area (Å²) in [6.45, 7) is 0.659. The van der Waals surface area contributed by atoms with Crippen molar-refractivity contribution in [3.05, 3.63) is 54.4 Å². The quantitative estimate of drug-likeness (QED) is 0.714. The minimum atomic E-state index is -0.501. The molecule has 7 nitrogen and oxygen atoms in total. The summed E-state index contributed by atoms with van der Waals surface area (Å²) in [5, 5.41) is 7.48. The Balaban J connectivity index is 1.68. The van der Waals surface area contributed by atoms with Crippen molar-refractivity contribution < 1.29 is 14.3 Å². The Morgan fingerprint density at radius 3 is 2.66 bits per heavy atom. The Hall–Kier alpha value is -3.48. The molecule has 0 radical (unpaired) electrons. The van der Waals surface area contributed by atoms with E-state index in [1.807, 2.05) is 30.3 Å². The predicted molar refractivity (Wildman–Crippen MR) is 110 cm³/mol. The van der Waals surface area contributed by atoms with E-state index >= 15 is 0 Å². The maximum Gasteiger partial charge on any atom is 0.316 e. The summed E-state index contributed by atoms with van der Waals surface area (Å²) in [5.41, 5.74) is 2.29. The lowest BCUT2D eigenvalue weighted by Gasteiger charge is -2.16. The molecule has 148 valence electrons. The fourth-order valence-corrected chi connectivity index (χ4v) is 3.63. The van der Waals surface area contributed by atoms with Gasteiger partial charge in [-0.3, -0.25) is 9.59 Å². The van der Waals surface area contributed by atoms with Crippen LogP contribution in [0.3, 0.4) is 0 Å². The van der Waals surface area contributed by atoms with Gasteiger partial charge in [-0.25, -0.2) is 9.97 Å². The Morgan fingerprint density at radius 1 is 1.10 bits per heavy atom. The van der Waals surface area contributed by atoms with E-state index in [1.165, 1.54) is 7.11 Å². The van der Waals surface area contributed by atoms with Crippen LogP contribution >= 0.6 is 0 Å². The number of carbonyl (C=O) groups excluding carboxylic acids is 2. The van der Waals surface area contributed by atoms with Crippen LogP contribution in [0.2, 0.25) is 0 Å². The third-order valence-electron chi connectivity index (χ3n) is 5.13. The molecule has 2 N–H and O–H groups in total. The standard InChI is InChI=1S/C22H22N4O3/c1-29-22-24-12-14(13-25-22)15-6-4-8-17-16(15)7-5-9-18(17)20(27)26-19-10-2-3-11-23-21(19)28/h4-9,12-13,19H,2-3,10-11H2,1H3,(H,23,28)(H,26,27). The van der Waals surface area contributed by atoms with Gasteiger partial charge in [-0.2, -0.15) is 0 Å². The van der Waals surface area contributed by atoms with Crippen molar-refractivity contribution in [3.8, 4) is 17.1 Å². The largest absolute Gasteiger partial charge is 0.467 e. The van der Waals surface area contributed by atoms with Crippen molar-refractivity contribution in [1.82, 2.24) is 20.6 Å². The molecule has 3 aromatic rings. The van der Waals surface area contributed by atoms with E-state index in [-0.39, 0.29) is 11.8 Å². The molecule has 2 heterocycles. The number of rotatable bonds is 4. The molecular formula is C22H22N4O3. The van der Waals surface area contributed by atoms with Gasteiger partial charge in [0.05, 0.1) is 7.11 Å². The summed E-state index contributed by atoms with van der Waals surface area (Å²) in [6.07, 6.45) is 5.88. The van der Waals surface area contributed by atoms with E-state index in [2.05, 4.69) is 20.6 Å². The molecular weight excluding hydrogens is 368 g/mol. The van der Waals surface area contributed by atoms with Crippen molar-refractivity contribution >= 4 is 22.6 Å². The third kappa shape index (κ3) is 3.89. The maximum absolute atomic E-state index is 13.0. The molecule has 0 saturated carbocycles. The Kier molecular flexibility index (Phi) is 5.37. The summed E-state index contributed by atoms with van der Waals surface area (Å²) in [7, 11) is 1.52. The monoisotopic (exact) mass is 390 g/mol. The third-order valence-corrected chi connectivity index (χ3v) is 5.13. The maximum atomic E-state index is 13.0. The number of nitrogens with zero attached hydrogens (tertiary/aromatic N) is 2. The number of carbonyl (C=O) groups is 2. The highest BCUT2D eigenvalue weighted by Gasteiger charge is 2.23. The van der Waals surface area contributed by atoms with Gasteiger partial charge in [0.25, 0.3) is 5.91 Å². The molecule has 0 bridgehead atoms. The number of amides is 2. The van der Waals surface area contributed by atoms with Crippen molar-refractivity contribution in [2.24, 2.45) is 0 Å². The van der Waals surface area contributed by atoms with Crippen LogP contribution in [0.5, 0.6) is 6.01 Å². The molecule has 1 fully saturated rings. The second-order valence-corrected chi connectivity index (χ2v) is 6.98. The van der Waals surface area contributed by atoms with Gasteiger partial charge in [0.1, 0.15) is 6.04 Å². The minimum absolute atomic E-state index is 0.118. The number of hydrogen-bond donors (Lipinski definition) is 2. The Bertz CT molecular complexity index is 1050. The van der Waals surface area contributed by atoms with E-state index in [9.17, 15) is 9.59 Å². The number of benzene rings is 2. The van der Waals surface area contributed by atoms with Crippen LogP contribution in [0.1, 0.15) is 29.6 Å². The number of ether oxygens (including phenoxy) is 1. The number of methoxy groups -OCH3 is 1. The normalized spacial score (nSPS) is 16.7. The van der Waals surface area contributed by atoms with E-state index in [1.54, 1.807) is 18.5 Å². The lowest BCUT2D eigenvalue weighted by atomic mass is 9.96. The van der Waals surface area contributed by atoms with Crippen LogP contribution in [0.15, 0.2) is 48.8 Å². The molecule has 0 aliphatic carbocycles. The van der Waals surface area contributed by atoms with Gasteiger partial charge in [0.2, 0.25) is 5.91 Å². The molecule has 4 rings (SSSR count). The van der Waals surface area contributed by atoms with Gasteiger partial charge < -0.3 is 15.4 Å². The molecule has 29 heavy (non-hydrogen) atoms. The number of fused-ring (bicyclic) bond motifs is 1. The van der Waals surface area contributed by atoms with Crippen LogP contribution in [-0.2, 0) is 4.79 Å². The highest BCUT2D eigenvalue weighted by atomic mass is 16.5. The first-order valence-electron chi connectivity index (χ1n) is 9.64. The first-order valence-corrected chi connectivity index (χ1v) is 9.64. The second kappa shape index (κ2) is 8.26. The first-order chi connectivity index (χ1) is 14.2. The molecule has 1 atom stereocenters. The molecule has 1 aliphatic rings. The average Bonchev–Trinajstić information content (AvgIpc) is 2.97. The first kappa shape index (κ1) is 18.9. The van der Waals surface area contributed by atoms with Gasteiger partial charge in [-0.1, -0.05) is 30.3 Å². The number of hydrogen-bond acceptors (Lipinski definition) is 5. The fourth-order valence-electron chi connectivity index (χ4n) is 3.63. The van der Waals surface area contributed by atoms with Gasteiger partial charge in [0.15, 0.2) is 0 Å². The molecule has 0 spiro atoms. The van der Waals surface area contributed by atoms with Gasteiger partial charge in [0, 0.05) is 30.1 Å². The number of aromatic nitrogens is 2. The topological polar surface area (TPSA) is 93.2 Å². The molecule has 7 heteroatoms. The summed E-state index contributed by atoms with van der Waals surface area (Å²) in [4.78, 5) is 33.5. The molecule has 1 aromatic heterocycles. The summed E-state index contributed by atoms with van der Waals surface area (Å²) < 4.78 is 5.03. The molecule has 2 amide bonds. The van der Waals surface area contributed by atoms with Crippen LogP contribution in [0, 0.1) is 0 Å². The highest BCUT2D eigenvalue weighted by molar-refractivity contribution is 6.11. The van der Waals surface area contributed by atoms with E-state index in [0.29, 0.717) is 24.5 Å². The SMILES string of the molecule is COc1ncc(-c2cccc3c(C(=O)NC4CCCCNC4=O)cccc23)cn1. The summed E-state index contributed by atoms with van der Waals surface area (Å²) in [5.74, 6) is -0.368. The highest BCUT2D eigenvalue weighted by Crippen LogP contribution is 2.30. The average molecular weight is 390 g/mol. The van der Waals surface area contributed by atoms with Gasteiger partial charge in [-0.15, -0.1) is 0 Å². The molecule has 1 saturated heterocycles. The lowest BCUT2D eigenvalue weighted by molar-refractivity contribution is -0.122. The zero-order valence-corrected chi connectivity index (χ0v) is 16.1. The van der Waals surface area contributed by atoms with Crippen molar-refractivity contribution in [1.29, 1.82) is 0 Å². The van der Waals surface area contributed by atoms with Crippen molar-refractivity contribution in [2.45, 2.75) is 25.3 Å². The van der Waals surface area contributed by atoms with Crippen molar-refractivity contribution in [2.75, 3.05) is 13.7 Å². The van der Waals surface area contributed by atoms with E-state index in [4.69, 9.17) is 4.74 Å². The molecule has 1 unspecified atom stereocenters. The predicted octanol–water partition coefficient (Wildman–Crippen LogP) is 2.70. The smallest absolute Gasteiger partial charge is 0.316 e. The van der Waals surface area contributed by atoms with Crippen LogP contribution in [-0.4, -0.2) is 41.5 Å². The second-order valence-electron chi connectivity index (χ2n) is 6.98. The van der Waals surface area contributed by atoms with E-state index < -0.39 is 6.04 Å². The van der Waals surface area contributed by atoms with Crippen LogP contribution < -0.4 is 15.4 Å². The van der Waals surface area contributed by atoms with Crippen LogP contribution in [0.25, 0.3) is 21.9 Å². The van der Waals surface area contributed by atoms with Crippen molar-refractivity contribution in [3.63, 3.8) is 0 Å². The minimum Gasteiger partial charge on any atom is -0.467 e. The lowest BCUT2D eigenvalue weighted by Crippen LogP contribution is -2.45. The molecule has 2 aromatic carbocycles. The Morgan fingerprint density at radius 2 is 1.86 bits per heavy atom. The Labute approximate surface area is 168 Å². The van der Waals surface area contributed by atoms with E-state index in [0.717, 1.165) is 34.7 Å². The van der Waals surface area contributed by atoms with Gasteiger partial charge in [-0.05, 0) is 41.7 Å². The fraction of sp³-hybridized carbons (Fsp3) is 0.273. The van der Waals surface area contributed by atoms with Gasteiger partial charge >= 0.3 is 6.01 Å². The zero-order valence-electron chi connectivity index (χ0n) is 16.1.